The number of hydrogen-bond donors (Lipinski definition) is 8. The second kappa shape index (κ2) is 13.1. The highest BCUT2D eigenvalue weighted by molar-refractivity contribution is 5.96. The minimum atomic E-state index is -1.45. The second-order valence-corrected chi connectivity index (χ2v) is 7.57. The predicted octanol–water partition coefficient (Wildman–Crippen LogP) is -3.27. The highest BCUT2D eigenvalue weighted by atomic mass is 16.4. The molecular formula is C19H31N7O7. The Bertz CT molecular complexity index is 830. The molecule has 0 aromatic carbocycles. The van der Waals surface area contributed by atoms with Gasteiger partial charge in [0.2, 0.25) is 23.6 Å². The average Bonchev–Trinajstić information content (AvgIpc) is 3.27. The minimum Gasteiger partial charge on any atom is -0.480 e. The quantitative estimate of drug-likeness (QED) is 0.136. The van der Waals surface area contributed by atoms with Crippen LogP contribution in [-0.2, 0) is 30.4 Å². The Kier molecular flexibility index (Phi) is 10.9. The molecule has 0 aliphatic heterocycles. The first-order valence-electron chi connectivity index (χ1n) is 10.3. The molecule has 0 saturated carbocycles. The lowest BCUT2D eigenvalue weighted by Crippen LogP contribution is -2.59. The van der Waals surface area contributed by atoms with Gasteiger partial charge in [-0.3, -0.25) is 19.2 Å². The number of aromatic amines is 1. The van der Waals surface area contributed by atoms with E-state index in [2.05, 4.69) is 25.9 Å². The van der Waals surface area contributed by atoms with Crippen LogP contribution in [0.5, 0.6) is 0 Å². The van der Waals surface area contributed by atoms with Gasteiger partial charge in [-0.25, -0.2) is 9.78 Å². The third kappa shape index (κ3) is 8.86. The van der Waals surface area contributed by atoms with E-state index in [9.17, 15) is 29.1 Å². The van der Waals surface area contributed by atoms with Crippen molar-refractivity contribution < 1.29 is 34.2 Å². The van der Waals surface area contributed by atoms with Crippen molar-refractivity contribution in [3.8, 4) is 0 Å². The van der Waals surface area contributed by atoms with Crippen molar-refractivity contribution in [2.75, 3.05) is 6.61 Å². The van der Waals surface area contributed by atoms with Crippen LogP contribution in [0.15, 0.2) is 12.5 Å². The zero-order valence-electron chi connectivity index (χ0n) is 18.4. The number of aliphatic hydroxyl groups excluding tert-OH is 1. The van der Waals surface area contributed by atoms with Gasteiger partial charge in [-0.2, -0.15) is 0 Å². The average molecular weight is 469 g/mol. The molecule has 0 aliphatic rings. The van der Waals surface area contributed by atoms with E-state index in [0.29, 0.717) is 12.1 Å². The van der Waals surface area contributed by atoms with Crippen LogP contribution in [-0.4, -0.2) is 80.6 Å². The van der Waals surface area contributed by atoms with Crippen LogP contribution in [0.3, 0.4) is 0 Å². The molecule has 14 heteroatoms. The molecule has 0 saturated heterocycles. The van der Waals surface area contributed by atoms with E-state index in [0.717, 1.165) is 0 Å². The van der Waals surface area contributed by atoms with Gasteiger partial charge in [0.25, 0.3) is 0 Å². The van der Waals surface area contributed by atoms with Gasteiger partial charge in [-0.15, -0.1) is 0 Å². The third-order valence-corrected chi connectivity index (χ3v) is 4.96. The number of aliphatic carboxylic acids is 1. The number of carbonyl (C=O) groups is 5. The van der Waals surface area contributed by atoms with E-state index in [1.165, 1.54) is 12.5 Å². The summed E-state index contributed by atoms with van der Waals surface area (Å²) in [6, 6.07) is -5.26. The zero-order valence-corrected chi connectivity index (χ0v) is 18.4. The SMILES string of the molecule is CCC(C)C(NC(=O)C(CC(N)=O)NC(=O)C(N)CO)C(=O)NC(Cc1cnc[nH]1)C(=O)O. The van der Waals surface area contributed by atoms with Crippen molar-refractivity contribution in [1.29, 1.82) is 0 Å². The van der Waals surface area contributed by atoms with E-state index in [1.54, 1.807) is 13.8 Å². The number of aliphatic hydroxyl groups is 1. The lowest BCUT2D eigenvalue weighted by Gasteiger charge is -2.27. The number of imidazole rings is 1. The van der Waals surface area contributed by atoms with Crippen LogP contribution in [0.4, 0.5) is 0 Å². The summed E-state index contributed by atoms with van der Waals surface area (Å²) in [5.74, 6) is -5.17. The van der Waals surface area contributed by atoms with Gasteiger partial charge in [0.05, 0.1) is 19.4 Å². The number of primary amides is 1. The molecular weight excluding hydrogens is 438 g/mol. The summed E-state index contributed by atoms with van der Waals surface area (Å²) in [7, 11) is 0. The summed E-state index contributed by atoms with van der Waals surface area (Å²) >= 11 is 0. The summed E-state index contributed by atoms with van der Waals surface area (Å²) in [4.78, 5) is 67.2. The largest absolute Gasteiger partial charge is 0.480 e. The van der Waals surface area contributed by atoms with Gasteiger partial charge < -0.3 is 42.6 Å². The number of rotatable bonds is 14. The van der Waals surface area contributed by atoms with Crippen molar-refractivity contribution in [3.05, 3.63) is 18.2 Å². The van der Waals surface area contributed by atoms with Crippen LogP contribution in [0.1, 0.15) is 32.4 Å². The fourth-order valence-corrected chi connectivity index (χ4v) is 2.81. The number of H-pyrrole nitrogens is 1. The summed E-state index contributed by atoms with van der Waals surface area (Å²) in [5.41, 5.74) is 11.1. The minimum absolute atomic E-state index is 0.0678. The predicted molar refractivity (Wildman–Crippen MR) is 114 cm³/mol. The monoisotopic (exact) mass is 469 g/mol. The topological polar surface area (TPSA) is 243 Å². The smallest absolute Gasteiger partial charge is 0.326 e. The highest BCUT2D eigenvalue weighted by Crippen LogP contribution is 2.10. The summed E-state index contributed by atoms with van der Waals surface area (Å²) in [6.45, 7) is 2.74. The van der Waals surface area contributed by atoms with Crippen molar-refractivity contribution >= 4 is 29.6 Å². The summed E-state index contributed by atoms with van der Waals surface area (Å²) < 4.78 is 0. The first-order chi connectivity index (χ1) is 15.5. The fourth-order valence-electron chi connectivity index (χ4n) is 2.81. The van der Waals surface area contributed by atoms with Crippen molar-refractivity contribution in [1.82, 2.24) is 25.9 Å². The van der Waals surface area contributed by atoms with E-state index >= 15 is 0 Å². The van der Waals surface area contributed by atoms with Gasteiger partial charge >= 0.3 is 5.97 Å². The number of carbonyl (C=O) groups excluding carboxylic acids is 4. The van der Waals surface area contributed by atoms with E-state index < -0.39 is 72.7 Å². The number of nitrogens with two attached hydrogens (primary N) is 2. The van der Waals surface area contributed by atoms with Crippen LogP contribution in [0.2, 0.25) is 0 Å². The maximum atomic E-state index is 12.9. The Morgan fingerprint density at radius 3 is 2.21 bits per heavy atom. The van der Waals surface area contributed by atoms with Gasteiger partial charge in [-0.1, -0.05) is 20.3 Å². The molecule has 0 radical (unpaired) electrons. The molecule has 33 heavy (non-hydrogen) atoms. The van der Waals surface area contributed by atoms with Gasteiger partial charge in [-0.05, 0) is 5.92 Å². The van der Waals surface area contributed by atoms with E-state index in [4.69, 9.17) is 16.6 Å². The second-order valence-electron chi connectivity index (χ2n) is 7.57. The zero-order chi connectivity index (χ0) is 25.1. The molecule has 0 spiro atoms. The van der Waals surface area contributed by atoms with Gasteiger partial charge in [0.1, 0.15) is 24.2 Å². The first-order valence-corrected chi connectivity index (χ1v) is 10.3. The molecule has 5 unspecified atom stereocenters. The Morgan fingerprint density at radius 1 is 1.09 bits per heavy atom. The molecule has 1 heterocycles. The fraction of sp³-hybridized carbons (Fsp3) is 0.579. The molecule has 14 nitrogen and oxygen atoms in total. The van der Waals surface area contributed by atoms with Crippen molar-refractivity contribution in [2.24, 2.45) is 17.4 Å². The van der Waals surface area contributed by atoms with Gasteiger partial charge in [0.15, 0.2) is 0 Å². The summed E-state index contributed by atoms with van der Waals surface area (Å²) in [6.07, 6.45) is 2.58. The number of nitrogens with zero attached hydrogens (tertiary/aromatic N) is 1. The van der Waals surface area contributed by atoms with Crippen LogP contribution in [0, 0.1) is 5.92 Å². The molecule has 5 atom stereocenters. The maximum Gasteiger partial charge on any atom is 0.326 e. The summed E-state index contributed by atoms with van der Waals surface area (Å²) in [5, 5.41) is 25.5. The number of carboxylic acid groups (broad SMARTS) is 1. The Labute approximate surface area is 189 Å². The normalized spacial score (nSPS) is 15.4. The van der Waals surface area contributed by atoms with E-state index in [-0.39, 0.29) is 6.42 Å². The molecule has 0 aliphatic carbocycles. The molecule has 184 valence electrons. The Balaban J connectivity index is 3.00. The van der Waals surface area contributed by atoms with Crippen LogP contribution in [0.25, 0.3) is 0 Å². The van der Waals surface area contributed by atoms with Crippen molar-refractivity contribution in [3.63, 3.8) is 0 Å². The first kappa shape index (κ1) is 27.5. The van der Waals surface area contributed by atoms with Gasteiger partial charge in [0, 0.05) is 18.3 Å². The molecule has 0 bridgehead atoms. The third-order valence-electron chi connectivity index (χ3n) is 4.96. The number of aromatic nitrogens is 2. The highest BCUT2D eigenvalue weighted by Gasteiger charge is 2.33. The Hall–Kier alpha value is -3.52. The van der Waals surface area contributed by atoms with Crippen LogP contribution < -0.4 is 27.4 Å². The number of hydrogen-bond acceptors (Lipinski definition) is 8. The molecule has 1 aromatic rings. The molecule has 4 amide bonds. The molecule has 10 N–H and O–H groups in total. The standard InChI is InChI=1S/C19H31N7O7/c1-3-9(2)15(18(31)25-13(19(32)33)4-10-6-22-8-23-10)26-17(30)12(5-14(21)28)24-16(29)11(20)7-27/h6,8-9,11-13,15,27H,3-5,7,20H2,1-2H3,(H2,21,28)(H,22,23)(H,24,29)(H,25,31)(H,26,30)(H,32,33). The van der Waals surface area contributed by atoms with E-state index in [1.807, 2.05) is 0 Å². The molecule has 1 aromatic heterocycles. The van der Waals surface area contributed by atoms with Crippen molar-refractivity contribution in [2.45, 2.75) is 57.3 Å². The molecule has 0 fully saturated rings. The molecule has 1 rings (SSSR count). The number of nitrogens with one attached hydrogen (secondary N) is 4. The van der Waals surface area contributed by atoms with Crippen LogP contribution >= 0.6 is 0 Å². The Morgan fingerprint density at radius 2 is 1.73 bits per heavy atom. The maximum absolute atomic E-state index is 12.9. The lowest BCUT2D eigenvalue weighted by molar-refractivity contribution is -0.142. The number of carboxylic acids is 1. The lowest BCUT2D eigenvalue weighted by atomic mass is 9.97. The number of amides is 4.